The summed E-state index contributed by atoms with van der Waals surface area (Å²) in [5.74, 6) is 1.06. The molecule has 0 saturated carbocycles. The molecule has 1 saturated heterocycles. The number of nitrogens with one attached hydrogen (secondary N) is 1. The first-order chi connectivity index (χ1) is 18.8. The third kappa shape index (κ3) is 4.56. The molecule has 0 amide bonds. The molecular weight excluding hydrogens is 508 g/mol. The molecule has 1 atom stereocenters. The highest BCUT2D eigenvalue weighted by Crippen LogP contribution is 2.39. The summed E-state index contributed by atoms with van der Waals surface area (Å²) in [4.78, 5) is 25.0. The van der Waals surface area contributed by atoms with Gasteiger partial charge in [0.25, 0.3) is 5.69 Å². The van der Waals surface area contributed by atoms with Crippen molar-refractivity contribution in [3.8, 4) is 23.1 Å². The number of nitro benzene ring substituents is 1. The average Bonchev–Trinajstić information content (AvgIpc) is 3.57. The third-order valence-electron chi connectivity index (χ3n) is 7.61. The topological polar surface area (TPSA) is 125 Å². The van der Waals surface area contributed by atoms with Gasteiger partial charge in [0.05, 0.1) is 40.1 Å². The van der Waals surface area contributed by atoms with Crippen LogP contribution in [0.2, 0.25) is 0 Å². The van der Waals surface area contributed by atoms with Crippen molar-refractivity contribution >= 4 is 33.9 Å². The molecule has 4 heterocycles. The molecule has 11 nitrogen and oxygen atoms in total. The molecule has 6 rings (SSSR count). The largest absolute Gasteiger partial charge is 0.490 e. The number of anilines is 3. The normalized spacial score (nSPS) is 16.0. The van der Waals surface area contributed by atoms with Gasteiger partial charge < -0.3 is 24.4 Å². The molecule has 40 heavy (non-hydrogen) atoms. The first-order valence-electron chi connectivity index (χ1n) is 12.8. The summed E-state index contributed by atoms with van der Waals surface area (Å²) in [6.45, 7) is 4.68. The SMILES string of the molecule is C.Cc1cc(N2CC[C@@H](N(C)C)C2)c([N+](=O)[O-])cc1Nc1ncc(C#N)c(-c2cn3c4c(cccc24)OCC3)n1. The number of nitro groups is 1. The Labute approximate surface area is 232 Å². The number of benzene rings is 2. The molecule has 206 valence electrons. The van der Waals surface area contributed by atoms with Gasteiger partial charge in [-0.2, -0.15) is 5.26 Å². The Bertz CT molecular complexity index is 1660. The van der Waals surface area contributed by atoms with Crippen LogP contribution in [0.15, 0.2) is 42.7 Å². The monoisotopic (exact) mass is 540 g/mol. The Balaban J connectivity index is 0.00000323. The van der Waals surface area contributed by atoms with Crippen LogP contribution >= 0.6 is 0 Å². The summed E-state index contributed by atoms with van der Waals surface area (Å²) in [5, 5.41) is 26.0. The van der Waals surface area contributed by atoms with E-state index in [1.54, 1.807) is 6.07 Å². The van der Waals surface area contributed by atoms with Crippen LogP contribution in [0.25, 0.3) is 22.2 Å². The maximum Gasteiger partial charge on any atom is 0.294 e. The zero-order valence-electron chi connectivity index (χ0n) is 22.0. The van der Waals surface area contributed by atoms with Crippen LogP contribution in [0, 0.1) is 28.4 Å². The quantitative estimate of drug-likeness (QED) is 0.263. The molecule has 0 spiro atoms. The van der Waals surface area contributed by atoms with E-state index in [2.05, 4.69) is 30.7 Å². The van der Waals surface area contributed by atoms with Gasteiger partial charge in [0.1, 0.15) is 24.1 Å². The van der Waals surface area contributed by atoms with E-state index in [-0.39, 0.29) is 24.0 Å². The predicted molar refractivity (Wildman–Crippen MR) is 155 cm³/mol. The average molecular weight is 541 g/mol. The summed E-state index contributed by atoms with van der Waals surface area (Å²) < 4.78 is 7.94. The van der Waals surface area contributed by atoms with Crippen molar-refractivity contribution in [1.82, 2.24) is 19.4 Å². The van der Waals surface area contributed by atoms with E-state index in [0.29, 0.717) is 41.8 Å². The second kappa shape index (κ2) is 10.5. The molecule has 11 heteroatoms. The fourth-order valence-electron chi connectivity index (χ4n) is 5.51. The Morgan fingerprint density at radius 2 is 2.10 bits per heavy atom. The molecule has 2 aromatic heterocycles. The van der Waals surface area contributed by atoms with Gasteiger partial charge in [0, 0.05) is 42.3 Å². The first-order valence-corrected chi connectivity index (χ1v) is 12.8. The number of para-hydroxylation sites is 1. The van der Waals surface area contributed by atoms with Crippen molar-refractivity contribution < 1.29 is 9.66 Å². The van der Waals surface area contributed by atoms with Gasteiger partial charge >= 0.3 is 0 Å². The summed E-state index contributed by atoms with van der Waals surface area (Å²) in [6, 6.07) is 11.8. The molecule has 4 aromatic rings. The lowest BCUT2D eigenvalue weighted by Crippen LogP contribution is -2.31. The molecule has 2 aromatic carbocycles. The maximum absolute atomic E-state index is 12.1. The minimum absolute atomic E-state index is 0. The first kappa shape index (κ1) is 26.9. The zero-order valence-corrected chi connectivity index (χ0v) is 22.0. The number of hydrogen-bond donors (Lipinski definition) is 1. The minimum atomic E-state index is -0.343. The number of hydrogen-bond acceptors (Lipinski definition) is 9. The molecule has 1 N–H and O–H groups in total. The third-order valence-corrected chi connectivity index (χ3v) is 7.61. The van der Waals surface area contributed by atoms with E-state index < -0.39 is 0 Å². The number of aromatic nitrogens is 3. The summed E-state index contributed by atoms with van der Waals surface area (Å²) >= 11 is 0. The van der Waals surface area contributed by atoms with Crippen molar-refractivity contribution in [3.63, 3.8) is 0 Å². The van der Waals surface area contributed by atoms with E-state index in [1.165, 1.54) is 6.20 Å². The second-order valence-corrected chi connectivity index (χ2v) is 10.2. The van der Waals surface area contributed by atoms with Gasteiger partial charge in [-0.1, -0.05) is 19.6 Å². The highest BCUT2D eigenvalue weighted by molar-refractivity contribution is 5.99. The van der Waals surface area contributed by atoms with Crippen LogP contribution < -0.4 is 15.0 Å². The standard InChI is InChI=1S/C28H28N8O3.CH4/c1-17-11-23(34-8-7-19(15-34)33(2)3)24(36(37)38)12-22(17)31-28-30-14-18(13-29)26(32-28)21-16-35-9-10-39-25-6-4-5-20(21)27(25)35;/h4-6,11-12,14,16,19H,7-10,15H2,1-3H3,(H,30,31,32);1H4/t19-;/m1./s1. The van der Waals surface area contributed by atoms with Crippen molar-refractivity contribution in [2.45, 2.75) is 33.4 Å². The van der Waals surface area contributed by atoms with Crippen LogP contribution in [0.1, 0.15) is 25.0 Å². The number of rotatable bonds is 6. The number of aryl methyl sites for hydroxylation is 1. The smallest absolute Gasteiger partial charge is 0.294 e. The van der Waals surface area contributed by atoms with Gasteiger partial charge in [-0.25, -0.2) is 9.97 Å². The van der Waals surface area contributed by atoms with Crippen molar-refractivity contribution in [3.05, 3.63) is 64.0 Å². The van der Waals surface area contributed by atoms with Crippen LogP contribution in [0.4, 0.5) is 23.0 Å². The Morgan fingerprint density at radius 3 is 2.83 bits per heavy atom. The van der Waals surface area contributed by atoms with E-state index in [1.807, 2.05) is 51.5 Å². The van der Waals surface area contributed by atoms with Gasteiger partial charge in [-0.15, -0.1) is 0 Å². The zero-order chi connectivity index (χ0) is 27.3. The van der Waals surface area contributed by atoms with E-state index in [0.717, 1.165) is 47.3 Å². The molecule has 0 radical (unpaired) electrons. The number of nitriles is 1. The fourth-order valence-corrected chi connectivity index (χ4v) is 5.51. The molecule has 0 unspecified atom stereocenters. The van der Waals surface area contributed by atoms with Crippen LogP contribution in [-0.2, 0) is 6.54 Å². The highest BCUT2D eigenvalue weighted by atomic mass is 16.6. The lowest BCUT2D eigenvalue weighted by atomic mass is 10.1. The van der Waals surface area contributed by atoms with Crippen LogP contribution in [0.3, 0.4) is 0 Å². The second-order valence-electron chi connectivity index (χ2n) is 10.2. The molecule has 2 aliphatic heterocycles. The Kier molecular flexibility index (Phi) is 7.04. The summed E-state index contributed by atoms with van der Waals surface area (Å²) in [6.07, 6.45) is 4.43. The van der Waals surface area contributed by atoms with Crippen molar-refractivity contribution in [2.75, 3.05) is 44.0 Å². The van der Waals surface area contributed by atoms with Gasteiger partial charge in [0.2, 0.25) is 5.95 Å². The molecule has 0 bridgehead atoms. The maximum atomic E-state index is 12.1. The van der Waals surface area contributed by atoms with E-state index in [9.17, 15) is 15.4 Å². The number of ether oxygens (including phenoxy) is 1. The van der Waals surface area contributed by atoms with Crippen molar-refractivity contribution in [1.29, 1.82) is 5.26 Å². The molecule has 1 fully saturated rings. The predicted octanol–water partition coefficient (Wildman–Crippen LogP) is 5.10. The summed E-state index contributed by atoms with van der Waals surface area (Å²) in [5.41, 5.74) is 4.64. The van der Waals surface area contributed by atoms with E-state index >= 15 is 0 Å². The van der Waals surface area contributed by atoms with Gasteiger partial charge in [-0.05, 0) is 45.1 Å². The number of likely N-dealkylation sites (N-methyl/N-ethyl adjacent to an activating group) is 1. The van der Waals surface area contributed by atoms with Crippen molar-refractivity contribution in [2.24, 2.45) is 0 Å². The lowest BCUT2D eigenvalue weighted by Gasteiger charge is -2.22. The summed E-state index contributed by atoms with van der Waals surface area (Å²) in [7, 11) is 4.06. The Hall–Kier alpha value is -4.69. The molecular formula is C29H32N8O3. The van der Waals surface area contributed by atoms with Crippen LogP contribution in [-0.4, -0.2) is 64.2 Å². The number of nitrogens with zero attached hydrogens (tertiary/aromatic N) is 7. The lowest BCUT2D eigenvalue weighted by molar-refractivity contribution is -0.384. The molecule has 2 aliphatic rings. The van der Waals surface area contributed by atoms with E-state index in [4.69, 9.17) is 9.72 Å². The highest BCUT2D eigenvalue weighted by Gasteiger charge is 2.30. The van der Waals surface area contributed by atoms with Crippen LogP contribution in [0.5, 0.6) is 5.75 Å². The fraction of sp³-hybridized carbons (Fsp3) is 0.345. The Morgan fingerprint density at radius 1 is 1.27 bits per heavy atom. The van der Waals surface area contributed by atoms with Gasteiger partial charge in [-0.3, -0.25) is 10.1 Å². The molecule has 0 aliphatic carbocycles. The minimum Gasteiger partial charge on any atom is -0.490 e. The van der Waals surface area contributed by atoms with Gasteiger partial charge in [0.15, 0.2) is 0 Å².